The first-order valence-electron chi connectivity index (χ1n) is 5.75. The van der Waals surface area contributed by atoms with Crippen LogP contribution in [-0.2, 0) is 4.79 Å². The lowest BCUT2D eigenvalue weighted by Crippen LogP contribution is -2.36. The zero-order chi connectivity index (χ0) is 15.1. The van der Waals surface area contributed by atoms with E-state index in [4.69, 9.17) is 5.11 Å². The Kier molecular flexibility index (Phi) is 5.33. The van der Waals surface area contributed by atoms with E-state index in [1.807, 2.05) is 0 Å². The fraction of sp³-hybridized carbons (Fsp3) is 0.250. The number of hydrogen-bond acceptors (Lipinski definition) is 4. The van der Waals surface area contributed by atoms with Crippen LogP contribution in [0.1, 0.15) is 17.3 Å². The van der Waals surface area contributed by atoms with Crippen LogP contribution in [0, 0.1) is 0 Å². The molecule has 20 heavy (non-hydrogen) atoms. The summed E-state index contributed by atoms with van der Waals surface area (Å²) < 4.78 is 0. The maximum atomic E-state index is 11.5. The average Bonchev–Trinajstić information content (AvgIpc) is 2.36. The highest BCUT2D eigenvalue weighted by Crippen LogP contribution is 2.24. The van der Waals surface area contributed by atoms with Gasteiger partial charge in [0.15, 0.2) is 0 Å². The van der Waals surface area contributed by atoms with E-state index in [1.165, 1.54) is 19.1 Å². The second kappa shape index (κ2) is 6.98. The molecule has 1 aromatic carbocycles. The van der Waals surface area contributed by atoms with Crippen LogP contribution < -0.4 is 16.0 Å². The Labute approximate surface area is 114 Å². The molecular formula is C12H15N3O5. The van der Waals surface area contributed by atoms with Crippen molar-refractivity contribution in [3.8, 4) is 5.75 Å². The van der Waals surface area contributed by atoms with Crippen LogP contribution >= 0.6 is 0 Å². The zero-order valence-electron chi connectivity index (χ0n) is 10.8. The number of anilines is 1. The summed E-state index contributed by atoms with van der Waals surface area (Å²) in [5.74, 6) is -1.72. The molecule has 0 aromatic heterocycles. The van der Waals surface area contributed by atoms with Crippen molar-refractivity contribution in [3.63, 3.8) is 0 Å². The standard InChI is InChI=1S/C12H15N3O5/c1-7(16)13-4-5-14-12(20)15-9-3-2-8(11(18)19)6-10(9)17/h2-3,6,17H,4-5H2,1H3,(H,13,16)(H,18,19)(H2,14,15,20). The smallest absolute Gasteiger partial charge is 0.335 e. The van der Waals surface area contributed by atoms with Gasteiger partial charge in [-0.1, -0.05) is 0 Å². The zero-order valence-corrected chi connectivity index (χ0v) is 10.8. The fourth-order valence-electron chi connectivity index (χ4n) is 1.35. The summed E-state index contributed by atoms with van der Waals surface area (Å²) in [5, 5.41) is 25.6. The highest BCUT2D eigenvalue weighted by atomic mass is 16.4. The number of carbonyl (C=O) groups excluding carboxylic acids is 2. The molecule has 0 aliphatic rings. The van der Waals surface area contributed by atoms with Crippen molar-refractivity contribution in [2.75, 3.05) is 18.4 Å². The fourth-order valence-corrected chi connectivity index (χ4v) is 1.35. The molecule has 1 aromatic rings. The van der Waals surface area contributed by atoms with Gasteiger partial charge in [0.05, 0.1) is 11.3 Å². The van der Waals surface area contributed by atoms with E-state index < -0.39 is 12.0 Å². The van der Waals surface area contributed by atoms with Crippen molar-refractivity contribution in [1.82, 2.24) is 10.6 Å². The largest absolute Gasteiger partial charge is 0.506 e. The summed E-state index contributed by atoms with van der Waals surface area (Å²) in [6, 6.07) is 3.00. The van der Waals surface area contributed by atoms with Gasteiger partial charge in [-0.3, -0.25) is 4.79 Å². The molecular weight excluding hydrogens is 266 g/mol. The third-order valence-electron chi connectivity index (χ3n) is 2.28. The number of urea groups is 1. The molecule has 0 spiro atoms. The Morgan fingerprint density at radius 2 is 1.80 bits per heavy atom. The normalized spacial score (nSPS) is 9.65. The van der Waals surface area contributed by atoms with Gasteiger partial charge >= 0.3 is 12.0 Å². The third-order valence-corrected chi connectivity index (χ3v) is 2.28. The van der Waals surface area contributed by atoms with Gasteiger partial charge in [-0.15, -0.1) is 0 Å². The number of aromatic carboxylic acids is 1. The van der Waals surface area contributed by atoms with Crippen molar-refractivity contribution in [2.24, 2.45) is 0 Å². The summed E-state index contributed by atoms with van der Waals surface area (Å²) in [6.45, 7) is 1.87. The van der Waals surface area contributed by atoms with E-state index in [-0.39, 0.29) is 36.0 Å². The number of amides is 3. The number of rotatable bonds is 5. The molecule has 108 valence electrons. The van der Waals surface area contributed by atoms with Crippen LogP contribution in [0.2, 0.25) is 0 Å². The lowest BCUT2D eigenvalue weighted by molar-refractivity contribution is -0.118. The molecule has 0 radical (unpaired) electrons. The monoisotopic (exact) mass is 281 g/mol. The van der Waals surface area contributed by atoms with Crippen LogP contribution in [0.3, 0.4) is 0 Å². The van der Waals surface area contributed by atoms with Gasteiger partial charge in [-0.25, -0.2) is 9.59 Å². The number of hydrogen-bond donors (Lipinski definition) is 5. The van der Waals surface area contributed by atoms with E-state index in [2.05, 4.69) is 16.0 Å². The van der Waals surface area contributed by atoms with Crippen LogP contribution in [0.25, 0.3) is 0 Å². The Bertz CT molecular complexity index is 530. The van der Waals surface area contributed by atoms with Crippen LogP contribution in [-0.4, -0.2) is 41.2 Å². The Balaban J connectivity index is 2.50. The molecule has 1 rings (SSSR count). The molecule has 0 aliphatic carbocycles. The average molecular weight is 281 g/mol. The molecule has 0 saturated carbocycles. The predicted molar refractivity (Wildman–Crippen MR) is 70.8 cm³/mol. The molecule has 0 atom stereocenters. The quantitative estimate of drug-likeness (QED) is 0.393. The molecule has 0 aliphatic heterocycles. The second-order valence-corrected chi connectivity index (χ2v) is 3.90. The van der Waals surface area contributed by atoms with Gasteiger partial charge in [0.2, 0.25) is 5.91 Å². The molecule has 0 heterocycles. The number of aromatic hydroxyl groups is 1. The minimum absolute atomic E-state index is 0.0842. The molecule has 3 amide bonds. The topological polar surface area (TPSA) is 128 Å². The van der Waals surface area contributed by atoms with Gasteiger partial charge in [-0.2, -0.15) is 0 Å². The summed E-state index contributed by atoms with van der Waals surface area (Å²) >= 11 is 0. The first-order chi connectivity index (χ1) is 9.40. The van der Waals surface area contributed by atoms with Gasteiger partial charge in [0.1, 0.15) is 5.75 Å². The van der Waals surface area contributed by atoms with Gasteiger partial charge in [0, 0.05) is 20.0 Å². The molecule has 8 heteroatoms. The molecule has 0 bridgehead atoms. The van der Waals surface area contributed by atoms with Gasteiger partial charge in [-0.05, 0) is 18.2 Å². The molecule has 5 N–H and O–H groups in total. The Hall–Kier alpha value is -2.77. The molecule has 0 unspecified atom stereocenters. The van der Waals surface area contributed by atoms with Crippen LogP contribution in [0.15, 0.2) is 18.2 Å². The number of phenols is 1. The minimum atomic E-state index is -1.17. The SMILES string of the molecule is CC(=O)NCCNC(=O)Nc1ccc(C(=O)O)cc1O. The lowest BCUT2D eigenvalue weighted by atomic mass is 10.2. The number of carbonyl (C=O) groups is 3. The summed E-state index contributed by atoms with van der Waals surface area (Å²) in [7, 11) is 0. The molecule has 0 fully saturated rings. The molecule has 0 saturated heterocycles. The number of phenolic OH excluding ortho intramolecular Hbond substituents is 1. The third kappa shape index (κ3) is 4.84. The van der Waals surface area contributed by atoms with Crippen molar-refractivity contribution in [2.45, 2.75) is 6.92 Å². The number of benzene rings is 1. The van der Waals surface area contributed by atoms with Crippen LogP contribution in [0.4, 0.5) is 10.5 Å². The van der Waals surface area contributed by atoms with E-state index in [9.17, 15) is 19.5 Å². The van der Waals surface area contributed by atoms with Crippen LogP contribution in [0.5, 0.6) is 5.75 Å². The number of carboxylic acid groups (broad SMARTS) is 1. The molecule has 8 nitrogen and oxygen atoms in total. The van der Waals surface area contributed by atoms with Crippen molar-refractivity contribution >= 4 is 23.6 Å². The maximum absolute atomic E-state index is 11.5. The van der Waals surface area contributed by atoms with Gasteiger partial charge < -0.3 is 26.2 Å². The van der Waals surface area contributed by atoms with E-state index in [1.54, 1.807) is 0 Å². The Morgan fingerprint density at radius 1 is 1.15 bits per heavy atom. The number of nitrogens with one attached hydrogen (secondary N) is 3. The maximum Gasteiger partial charge on any atom is 0.335 e. The summed E-state index contributed by atoms with van der Waals surface area (Å²) in [6.07, 6.45) is 0. The second-order valence-electron chi connectivity index (χ2n) is 3.90. The van der Waals surface area contributed by atoms with E-state index in [0.29, 0.717) is 0 Å². The minimum Gasteiger partial charge on any atom is -0.506 e. The first-order valence-corrected chi connectivity index (χ1v) is 5.75. The van der Waals surface area contributed by atoms with Crippen molar-refractivity contribution < 1.29 is 24.6 Å². The number of carboxylic acids is 1. The summed E-state index contributed by atoms with van der Waals surface area (Å²) in [5.41, 5.74) is 0.00569. The predicted octanol–water partition coefficient (Wildman–Crippen LogP) is 0.348. The van der Waals surface area contributed by atoms with E-state index >= 15 is 0 Å². The highest BCUT2D eigenvalue weighted by Gasteiger charge is 2.09. The van der Waals surface area contributed by atoms with Crippen molar-refractivity contribution in [1.29, 1.82) is 0 Å². The summed E-state index contributed by atoms with van der Waals surface area (Å²) in [4.78, 5) is 32.7. The highest BCUT2D eigenvalue weighted by molar-refractivity contribution is 5.93. The first kappa shape index (κ1) is 15.3. The Morgan fingerprint density at radius 3 is 2.35 bits per heavy atom. The van der Waals surface area contributed by atoms with E-state index in [0.717, 1.165) is 6.07 Å². The lowest BCUT2D eigenvalue weighted by Gasteiger charge is -2.09. The van der Waals surface area contributed by atoms with Crippen molar-refractivity contribution in [3.05, 3.63) is 23.8 Å². The van der Waals surface area contributed by atoms with Gasteiger partial charge in [0.25, 0.3) is 0 Å².